The van der Waals surface area contributed by atoms with Crippen molar-refractivity contribution in [1.29, 1.82) is 0 Å². The van der Waals surface area contributed by atoms with E-state index in [9.17, 15) is 18.0 Å². The summed E-state index contributed by atoms with van der Waals surface area (Å²) >= 11 is 6.10. The Bertz CT molecular complexity index is 1460. The van der Waals surface area contributed by atoms with E-state index in [4.69, 9.17) is 11.6 Å². The van der Waals surface area contributed by atoms with E-state index in [2.05, 4.69) is 5.32 Å². The summed E-state index contributed by atoms with van der Waals surface area (Å²) in [6, 6.07) is 20.0. The molecule has 1 N–H and O–H groups in total. The van der Waals surface area contributed by atoms with Gasteiger partial charge in [-0.3, -0.25) is 13.9 Å². The van der Waals surface area contributed by atoms with E-state index in [0.29, 0.717) is 17.1 Å². The van der Waals surface area contributed by atoms with E-state index >= 15 is 0 Å². The van der Waals surface area contributed by atoms with Crippen LogP contribution in [0.4, 0.5) is 5.69 Å². The average molecular weight is 596 g/mol. The summed E-state index contributed by atoms with van der Waals surface area (Å²) in [7, 11) is -4.10. The maximum Gasteiger partial charge on any atom is 0.264 e. The van der Waals surface area contributed by atoms with Crippen LogP contribution in [0, 0.1) is 13.8 Å². The number of halogens is 1. The van der Waals surface area contributed by atoms with Crippen molar-refractivity contribution in [2.45, 2.75) is 76.4 Å². The molecule has 1 aliphatic rings. The number of sulfonamides is 1. The molecule has 0 heterocycles. The zero-order valence-electron chi connectivity index (χ0n) is 23.8. The second-order valence-corrected chi connectivity index (χ2v) is 13.0. The molecule has 1 saturated carbocycles. The van der Waals surface area contributed by atoms with Gasteiger partial charge >= 0.3 is 0 Å². The second kappa shape index (κ2) is 13.5. The van der Waals surface area contributed by atoms with E-state index in [1.807, 2.05) is 45.0 Å². The van der Waals surface area contributed by atoms with E-state index in [-0.39, 0.29) is 23.4 Å². The molecule has 7 nitrogen and oxygen atoms in total. The third kappa shape index (κ3) is 7.49. The van der Waals surface area contributed by atoms with E-state index < -0.39 is 28.5 Å². The molecule has 1 atom stereocenters. The number of nitrogens with one attached hydrogen (secondary N) is 1. The number of rotatable bonds is 11. The number of hydrogen-bond donors (Lipinski definition) is 1. The molecular formula is C32H38ClN3O4S. The smallest absolute Gasteiger partial charge is 0.264 e. The lowest BCUT2D eigenvalue weighted by Crippen LogP contribution is -2.53. The van der Waals surface area contributed by atoms with Gasteiger partial charge in [0.1, 0.15) is 12.6 Å². The maximum atomic E-state index is 14.2. The Hall–Kier alpha value is -3.36. The molecular weight excluding hydrogens is 558 g/mol. The lowest BCUT2D eigenvalue weighted by atomic mass is 10.1. The molecule has 2 amide bonds. The average Bonchev–Trinajstić information content (AvgIpc) is 3.46. The van der Waals surface area contributed by atoms with Gasteiger partial charge in [-0.15, -0.1) is 0 Å². The van der Waals surface area contributed by atoms with Gasteiger partial charge in [-0.1, -0.05) is 79.4 Å². The van der Waals surface area contributed by atoms with Crippen molar-refractivity contribution in [3.63, 3.8) is 0 Å². The van der Waals surface area contributed by atoms with Gasteiger partial charge in [0.2, 0.25) is 11.8 Å². The Morgan fingerprint density at radius 3 is 2.24 bits per heavy atom. The Labute approximate surface area is 248 Å². The van der Waals surface area contributed by atoms with E-state index in [0.717, 1.165) is 46.7 Å². The van der Waals surface area contributed by atoms with Crippen LogP contribution in [0.15, 0.2) is 77.7 Å². The largest absolute Gasteiger partial charge is 0.352 e. The molecule has 0 spiro atoms. The van der Waals surface area contributed by atoms with Crippen LogP contribution < -0.4 is 9.62 Å². The topological polar surface area (TPSA) is 86.8 Å². The summed E-state index contributed by atoms with van der Waals surface area (Å²) in [5.74, 6) is -0.682. The van der Waals surface area contributed by atoms with Crippen LogP contribution in [-0.4, -0.2) is 43.8 Å². The number of benzene rings is 3. The highest BCUT2D eigenvalue weighted by Crippen LogP contribution is 2.28. The quantitative estimate of drug-likeness (QED) is 0.294. The van der Waals surface area contributed by atoms with Gasteiger partial charge in [-0.2, -0.15) is 0 Å². The number of amides is 2. The van der Waals surface area contributed by atoms with Gasteiger partial charge in [0.05, 0.1) is 10.6 Å². The molecule has 0 saturated heterocycles. The summed E-state index contributed by atoms with van der Waals surface area (Å²) in [5.41, 5.74) is 2.92. The molecule has 3 aromatic carbocycles. The zero-order valence-corrected chi connectivity index (χ0v) is 25.4. The molecule has 0 radical (unpaired) electrons. The Kier molecular flexibility index (Phi) is 10.1. The molecule has 0 aromatic heterocycles. The van der Waals surface area contributed by atoms with Crippen molar-refractivity contribution in [3.8, 4) is 0 Å². The number of anilines is 1. The molecule has 4 rings (SSSR count). The fraction of sp³-hybridized carbons (Fsp3) is 0.375. The standard InChI is InChI=1S/C32H38ClN3O4S/c1-4-29(32(38)34-27-10-8-9-11-27)35(21-25-15-17-26(33)18-16-25)31(37)22-36(30-19-14-23(2)20-24(30)3)41(39,40)28-12-6-5-7-13-28/h5-7,12-20,27,29H,4,8-11,21-22H2,1-3H3,(H,34,38). The van der Waals surface area contributed by atoms with Crippen LogP contribution in [0.25, 0.3) is 0 Å². The highest BCUT2D eigenvalue weighted by molar-refractivity contribution is 7.92. The lowest BCUT2D eigenvalue weighted by Gasteiger charge is -2.34. The zero-order chi connectivity index (χ0) is 29.6. The molecule has 1 unspecified atom stereocenters. The molecule has 41 heavy (non-hydrogen) atoms. The first-order valence-electron chi connectivity index (χ1n) is 14.1. The van der Waals surface area contributed by atoms with Crippen LogP contribution >= 0.6 is 11.6 Å². The van der Waals surface area contributed by atoms with Crippen LogP contribution in [0.1, 0.15) is 55.7 Å². The predicted octanol–water partition coefficient (Wildman–Crippen LogP) is 6.02. The van der Waals surface area contributed by atoms with Crippen LogP contribution in [0.2, 0.25) is 5.02 Å². The third-order valence-corrected chi connectivity index (χ3v) is 9.61. The summed E-state index contributed by atoms with van der Waals surface area (Å²) in [6.07, 6.45) is 4.35. The number of carbonyl (C=O) groups excluding carboxylic acids is 2. The molecule has 1 aliphatic carbocycles. The molecule has 9 heteroatoms. The monoisotopic (exact) mass is 595 g/mol. The maximum absolute atomic E-state index is 14.2. The first-order valence-corrected chi connectivity index (χ1v) is 15.9. The summed E-state index contributed by atoms with van der Waals surface area (Å²) in [5, 5.41) is 3.69. The second-order valence-electron chi connectivity index (χ2n) is 10.7. The number of carbonyl (C=O) groups is 2. The molecule has 0 bridgehead atoms. The Morgan fingerprint density at radius 2 is 1.63 bits per heavy atom. The number of aryl methyl sites for hydroxylation is 2. The van der Waals surface area contributed by atoms with Gasteiger partial charge in [0.25, 0.3) is 10.0 Å². The van der Waals surface area contributed by atoms with E-state index in [1.54, 1.807) is 36.4 Å². The summed E-state index contributed by atoms with van der Waals surface area (Å²) < 4.78 is 29.1. The van der Waals surface area contributed by atoms with Crippen molar-refractivity contribution in [2.24, 2.45) is 0 Å². The molecule has 218 valence electrons. The summed E-state index contributed by atoms with van der Waals surface area (Å²) in [6.45, 7) is 5.31. The summed E-state index contributed by atoms with van der Waals surface area (Å²) in [4.78, 5) is 29.3. The Balaban J connectivity index is 1.72. The first-order chi connectivity index (χ1) is 19.6. The van der Waals surface area contributed by atoms with Crippen molar-refractivity contribution < 1.29 is 18.0 Å². The highest BCUT2D eigenvalue weighted by atomic mass is 35.5. The lowest BCUT2D eigenvalue weighted by molar-refractivity contribution is -0.140. The molecule has 3 aromatic rings. The SMILES string of the molecule is CCC(C(=O)NC1CCCC1)N(Cc1ccc(Cl)cc1)C(=O)CN(c1ccc(C)cc1C)S(=O)(=O)c1ccccc1. The normalized spacial score (nSPS) is 14.4. The number of nitrogens with zero attached hydrogens (tertiary/aromatic N) is 2. The highest BCUT2D eigenvalue weighted by Gasteiger charge is 2.35. The minimum atomic E-state index is -4.10. The first kappa shape index (κ1) is 30.6. The molecule has 1 fully saturated rings. The minimum Gasteiger partial charge on any atom is -0.352 e. The fourth-order valence-electron chi connectivity index (χ4n) is 5.39. The van der Waals surface area contributed by atoms with Gasteiger partial charge in [0.15, 0.2) is 0 Å². The van der Waals surface area contributed by atoms with Gasteiger partial charge in [-0.05, 0) is 74.6 Å². The fourth-order valence-corrected chi connectivity index (χ4v) is 7.02. The van der Waals surface area contributed by atoms with Crippen LogP contribution in [0.5, 0.6) is 0 Å². The van der Waals surface area contributed by atoms with Gasteiger partial charge in [0, 0.05) is 17.6 Å². The third-order valence-electron chi connectivity index (χ3n) is 7.58. The molecule has 0 aliphatic heterocycles. The van der Waals surface area contributed by atoms with Crippen molar-refractivity contribution in [2.75, 3.05) is 10.8 Å². The van der Waals surface area contributed by atoms with E-state index in [1.165, 1.54) is 17.0 Å². The van der Waals surface area contributed by atoms with Crippen molar-refractivity contribution >= 4 is 39.1 Å². The van der Waals surface area contributed by atoms with Crippen molar-refractivity contribution in [1.82, 2.24) is 10.2 Å². The number of hydrogen-bond acceptors (Lipinski definition) is 4. The van der Waals surface area contributed by atoms with Crippen LogP contribution in [-0.2, 0) is 26.2 Å². The van der Waals surface area contributed by atoms with Crippen LogP contribution in [0.3, 0.4) is 0 Å². The van der Waals surface area contributed by atoms with Gasteiger partial charge in [-0.25, -0.2) is 8.42 Å². The minimum absolute atomic E-state index is 0.0862. The van der Waals surface area contributed by atoms with Gasteiger partial charge < -0.3 is 10.2 Å². The predicted molar refractivity (Wildman–Crippen MR) is 163 cm³/mol. The van der Waals surface area contributed by atoms with Crippen molar-refractivity contribution in [3.05, 3.63) is 94.5 Å². The Morgan fingerprint density at radius 1 is 0.976 bits per heavy atom.